The molecule has 2 aromatic heterocycles. The highest BCUT2D eigenvalue weighted by atomic mass is 32.2. The third-order valence-electron chi connectivity index (χ3n) is 8.43. The fourth-order valence-electron chi connectivity index (χ4n) is 5.22. The Bertz CT molecular complexity index is 1870. The molecule has 0 saturated carbocycles. The second-order valence-electron chi connectivity index (χ2n) is 13.2. The lowest BCUT2D eigenvalue weighted by Gasteiger charge is -2.22. The first kappa shape index (κ1) is 42.6. The summed E-state index contributed by atoms with van der Waals surface area (Å²) >= 11 is 0. The van der Waals surface area contributed by atoms with Crippen LogP contribution in [0.25, 0.3) is 0 Å². The van der Waals surface area contributed by atoms with Gasteiger partial charge in [-0.2, -0.15) is 14.5 Å². The lowest BCUT2D eigenvalue weighted by molar-refractivity contribution is 0.326. The molecule has 0 spiro atoms. The molecule has 0 bridgehead atoms. The Balaban J connectivity index is 0.000000359. The maximum atomic E-state index is 13.9. The van der Waals surface area contributed by atoms with Crippen LogP contribution in [0.3, 0.4) is 0 Å². The zero-order chi connectivity index (χ0) is 38.8. The van der Waals surface area contributed by atoms with Crippen molar-refractivity contribution in [2.45, 2.75) is 89.9 Å². The molecular formula is C36H56N8O6S2. The first-order valence-electron chi connectivity index (χ1n) is 17.3. The van der Waals surface area contributed by atoms with Gasteiger partial charge in [0.25, 0.3) is 20.0 Å². The first-order chi connectivity index (χ1) is 24.4. The van der Waals surface area contributed by atoms with Gasteiger partial charge in [0.1, 0.15) is 11.5 Å². The van der Waals surface area contributed by atoms with Gasteiger partial charge in [-0.3, -0.25) is 9.36 Å². The molecule has 0 aliphatic heterocycles. The van der Waals surface area contributed by atoms with E-state index in [1.54, 1.807) is 35.7 Å². The summed E-state index contributed by atoms with van der Waals surface area (Å²) in [5.41, 5.74) is 3.44. The molecule has 0 aliphatic carbocycles. The zero-order valence-corrected chi connectivity index (χ0v) is 33.8. The van der Waals surface area contributed by atoms with Crippen molar-refractivity contribution in [3.05, 3.63) is 83.2 Å². The van der Waals surface area contributed by atoms with Crippen LogP contribution in [0.2, 0.25) is 0 Å². The SMILES string of the molecule is CCN(C)Cc1cc(S(=O)(=O)N(Cc2ccc(OC)cc2)Cc2ccc(OC)cc2)nn1C(C)C.CCN(C)Cc1cc(S(N)(=O)=O)nn1C(C)C. The summed E-state index contributed by atoms with van der Waals surface area (Å²) in [5.74, 6) is 1.44. The molecule has 16 heteroatoms. The van der Waals surface area contributed by atoms with E-state index in [0.717, 1.165) is 47.1 Å². The molecule has 0 radical (unpaired) electrons. The second kappa shape index (κ2) is 18.8. The first-order valence-corrected chi connectivity index (χ1v) is 20.2. The standard InChI is InChI=1S/C26H36N4O4S.C10H20N4O2S/c1-7-28(4)19-23-16-26(27-30(23)20(2)3)35(31,32)29(17-21-8-12-24(33-5)13-9-21)18-22-10-14-25(34-6)15-11-22;1-5-13(4)7-9-6-10(17(11,15)16)12-14(9)8(2)3/h8-16,20H,7,17-19H2,1-6H3;6,8H,5,7H2,1-4H3,(H2,11,15,16). The summed E-state index contributed by atoms with van der Waals surface area (Å²) in [6, 6.07) is 18.2. The van der Waals surface area contributed by atoms with Crippen LogP contribution in [0, 0.1) is 0 Å². The third-order valence-corrected chi connectivity index (χ3v) is 10.9. The molecule has 52 heavy (non-hydrogen) atoms. The molecule has 2 heterocycles. The minimum absolute atomic E-state index is 0.0378. The molecule has 0 atom stereocenters. The van der Waals surface area contributed by atoms with Gasteiger partial charge >= 0.3 is 0 Å². The van der Waals surface area contributed by atoms with E-state index >= 15 is 0 Å². The number of ether oxygens (including phenoxy) is 2. The highest BCUT2D eigenvalue weighted by Crippen LogP contribution is 2.25. The lowest BCUT2D eigenvalue weighted by atomic mass is 10.2. The average Bonchev–Trinajstić information content (AvgIpc) is 3.74. The summed E-state index contributed by atoms with van der Waals surface area (Å²) < 4.78 is 65.8. The van der Waals surface area contributed by atoms with Gasteiger partial charge in [-0.15, -0.1) is 0 Å². The molecule has 0 saturated heterocycles. The van der Waals surface area contributed by atoms with Crippen molar-refractivity contribution in [2.75, 3.05) is 41.4 Å². The highest BCUT2D eigenvalue weighted by molar-refractivity contribution is 7.89. The van der Waals surface area contributed by atoms with Crippen LogP contribution in [0.15, 0.2) is 70.7 Å². The number of nitrogens with zero attached hydrogens (tertiary/aromatic N) is 7. The average molecular weight is 761 g/mol. The maximum Gasteiger partial charge on any atom is 0.263 e. The van der Waals surface area contributed by atoms with Gasteiger partial charge in [0.2, 0.25) is 0 Å². The number of sulfonamides is 2. The van der Waals surface area contributed by atoms with Crippen LogP contribution in [-0.4, -0.2) is 91.9 Å². The molecule has 4 aromatic rings. The van der Waals surface area contributed by atoms with Crippen LogP contribution in [0.4, 0.5) is 0 Å². The Morgan fingerprint density at radius 2 is 1.02 bits per heavy atom. The van der Waals surface area contributed by atoms with Crippen molar-refractivity contribution in [3.8, 4) is 11.5 Å². The summed E-state index contributed by atoms with van der Waals surface area (Å²) in [6.45, 7) is 15.4. The van der Waals surface area contributed by atoms with Gasteiger partial charge in [0.05, 0.1) is 25.6 Å². The molecule has 2 aromatic carbocycles. The van der Waals surface area contributed by atoms with E-state index in [1.807, 2.05) is 97.2 Å². The molecule has 0 aliphatic rings. The number of hydrogen-bond acceptors (Lipinski definition) is 10. The topological polar surface area (TPSA) is 158 Å². The van der Waals surface area contributed by atoms with Crippen molar-refractivity contribution in [1.82, 2.24) is 33.7 Å². The van der Waals surface area contributed by atoms with E-state index in [4.69, 9.17) is 14.6 Å². The quantitative estimate of drug-likeness (QED) is 0.157. The predicted octanol–water partition coefficient (Wildman–Crippen LogP) is 4.89. The Morgan fingerprint density at radius 1 is 0.654 bits per heavy atom. The number of primary sulfonamides is 1. The largest absolute Gasteiger partial charge is 0.497 e. The van der Waals surface area contributed by atoms with Crippen LogP contribution in [-0.2, 0) is 46.2 Å². The normalized spacial score (nSPS) is 12.2. The Hall–Kier alpha value is -3.80. The Labute approximate surface area is 310 Å². The minimum Gasteiger partial charge on any atom is -0.497 e. The summed E-state index contributed by atoms with van der Waals surface area (Å²) in [7, 11) is -0.435. The third kappa shape index (κ3) is 11.6. The van der Waals surface area contributed by atoms with Gasteiger partial charge < -0.3 is 19.3 Å². The van der Waals surface area contributed by atoms with Crippen LogP contribution in [0.1, 0.15) is 76.1 Å². The summed E-state index contributed by atoms with van der Waals surface area (Å²) in [5, 5.41) is 13.7. The van der Waals surface area contributed by atoms with Crippen LogP contribution >= 0.6 is 0 Å². The molecule has 0 unspecified atom stereocenters. The Morgan fingerprint density at radius 3 is 1.35 bits per heavy atom. The predicted molar refractivity (Wildman–Crippen MR) is 203 cm³/mol. The number of rotatable bonds is 17. The molecule has 0 amide bonds. The summed E-state index contributed by atoms with van der Waals surface area (Å²) in [4.78, 5) is 4.20. The fraction of sp³-hybridized carbons (Fsp3) is 0.500. The van der Waals surface area contributed by atoms with Gasteiger partial charge in [0, 0.05) is 50.4 Å². The maximum absolute atomic E-state index is 13.9. The number of aromatic nitrogens is 4. The van der Waals surface area contributed by atoms with Crippen molar-refractivity contribution >= 4 is 20.0 Å². The van der Waals surface area contributed by atoms with Gasteiger partial charge in [-0.1, -0.05) is 38.1 Å². The van der Waals surface area contributed by atoms with E-state index in [0.29, 0.717) is 13.1 Å². The minimum atomic E-state index is -3.89. The van der Waals surface area contributed by atoms with E-state index in [2.05, 4.69) is 26.9 Å². The monoisotopic (exact) mass is 760 g/mol. The summed E-state index contributed by atoms with van der Waals surface area (Å²) in [6.07, 6.45) is 0. The molecule has 2 N–H and O–H groups in total. The molecule has 4 rings (SSSR count). The molecular weight excluding hydrogens is 705 g/mol. The smallest absolute Gasteiger partial charge is 0.263 e. The van der Waals surface area contributed by atoms with Gasteiger partial charge in [0.15, 0.2) is 10.1 Å². The zero-order valence-electron chi connectivity index (χ0n) is 32.1. The van der Waals surface area contributed by atoms with Gasteiger partial charge in [-0.25, -0.2) is 22.0 Å². The fourth-order valence-corrected chi connectivity index (χ4v) is 7.10. The van der Waals surface area contributed by atoms with Crippen LogP contribution < -0.4 is 14.6 Å². The lowest BCUT2D eigenvalue weighted by Crippen LogP contribution is -2.30. The van der Waals surface area contributed by atoms with Crippen molar-refractivity contribution in [1.29, 1.82) is 0 Å². The number of benzene rings is 2. The number of hydrogen-bond donors (Lipinski definition) is 1. The van der Waals surface area contributed by atoms with E-state index in [9.17, 15) is 16.8 Å². The molecule has 288 valence electrons. The number of methoxy groups -OCH3 is 2. The van der Waals surface area contributed by atoms with E-state index < -0.39 is 20.0 Å². The van der Waals surface area contributed by atoms with Gasteiger partial charge in [-0.05, 0) is 90.3 Å². The second-order valence-corrected chi connectivity index (χ2v) is 16.6. The van der Waals surface area contributed by atoms with Crippen LogP contribution in [0.5, 0.6) is 11.5 Å². The molecule has 14 nitrogen and oxygen atoms in total. The molecule has 0 fully saturated rings. The highest BCUT2D eigenvalue weighted by Gasteiger charge is 2.30. The number of nitrogens with two attached hydrogens (primary N) is 1. The Kier molecular flexibility index (Phi) is 15.4. The van der Waals surface area contributed by atoms with E-state index in [1.165, 1.54) is 4.31 Å². The van der Waals surface area contributed by atoms with E-state index in [-0.39, 0.29) is 35.2 Å². The van der Waals surface area contributed by atoms with Crippen molar-refractivity contribution in [3.63, 3.8) is 0 Å². The van der Waals surface area contributed by atoms with Crippen molar-refractivity contribution in [2.24, 2.45) is 5.14 Å². The van der Waals surface area contributed by atoms with Crippen molar-refractivity contribution < 1.29 is 26.3 Å².